The average molecular weight is 251 g/mol. The van der Waals surface area contributed by atoms with Crippen molar-refractivity contribution >= 4 is 11.5 Å². The van der Waals surface area contributed by atoms with E-state index < -0.39 is 0 Å². The van der Waals surface area contributed by atoms with Crippen molar-refractivity contribution in [1.82, 2.24) is 14.9 Å². The predicted octanol–water partition coefficient (Wildman–Crippen LogP) is 0.598. The van der Waals surface area contributed by atoms with Gasteiger partial charge in [0.1, 0.15) is 12.0 Å². The first-order chi connectivity index (χ1) is 8.63. The molecule has 100 valence electrons. The quantitative estimate of drug-likeness (QED) is 0.845. The van der Waals surface area contributed by atoms with Gasteiger partial charge in [0, 0.05) is 19.1 Å². The summed E-state index contributed by atoms with van der Waals surface area (Å²) in [6, 6.07) is 0.551. The topological polar surface area (TPSA) is 67.5 Å². The summed E-state index contributed by atoms with van der Waals surface area (Å²) < 4.78 is 5.40. The summed E-state index contributed by atoms with van der Waals surface area (Å²) in [5, 5.41) is 0. The van der Waals surface area contributed by atoms with E-state index in [1.807, 2.05) is 6.92 Å². The molecular weight excluding hydrogens is 230 g/mol. The van der Waals surface area contributed by atoms with E-state index in [1.54, 1.807) is 0 Å². The molecule has 0 aliphatic carbocycles. The lowest BCUT2D eigenvalue weighted by Gasteiger charge is -2.22. The Labute approximate surface area is 108 Å². The molecule has 0 spiro atoms. The number of likely N-dealkylation sites (N-methyl/N-ethyl adjacent to an activating group) is 1. The third-order valence-corrected chi connectivity index (χ3v) is 3.30. The summed E-state index contributed by atoms with van der Waals surface area (Å²) in [5.41, 5.74) is 6.61. The highest BCUT2D eigenvalue weighted by atomic mass is 16.5. The first-order valence-corrected chi connectivity index (χ1v) is 6.28. The van der Waals surface area contributed by atoms with Gasteiger partial charge in [0.25, 0.3) is 0 Å². The zero-order valence-electron chi connectivity index (χ0n) is 11.3. The molecule has 0 radical (unpaired) electrons. The van der Waals surface area contributed by atoms with Crippen molar-refractivity contribution in [3.8, 4) is 5.88 Å². The number of hydrogen-bond acceptors (Lipinski definition) is 6. The number of nitrogens with two attached hydrogens (primary N) is 1. The third kappa shape index (κ3) is 2.48. The standard InChI is InChI=1S/C12H21N5O/c1-4-18-12-10(13)11(14-8-15-12)17-6-5-9(7-17)16(2)3/h8-9H,4-7,13H2,1-3H3. The Kier molecular flexibility index (Phi) is 3.86. The molecule has 2 N–H and O–H groups in total. The fraction of sp³-hybridized carbons (Fsp3) is 0.667. The van der Waals surface area contributed by atoms with Crippen molar-refractivity contribution in [1.29, 1.82) is 0 Å². The lowest BCUT2D eigenvalue weighted by atomic mass is 10.2. The lowest BCUT2D eigenvalue weighted by molar-refractivity contribution is 0.315. The van der Waals surface area contributed by atoms with Crippen LogP contribution in [0.2, 0.25) is 0 Å². The molecule has 0 amide bonds. The Balaban J connectivity index is 2.17. The third-order valence-electron chi connectivity index (χ3n) is 3.30. The molecule has 1 saturated heterocycles. The molecule has 2 heterocycles. The molecule has 0 aromatic carbocycles. The summed E-state index contributed by atoms with van der Waals surface area (Å²) in [4.78, 5) is 12.8. The smallest absolute Gasteiger partial charge is 0.242 e. The van der Waals surface area contributed by atoms with Crippen LogP contribution in [0.5, 0.6) is 5.88 Å². The van der Waals surface area contributed by atoms with E-state index in [9.17, 15) is 0 Å². The van der Waals surface area contributed by atoms with Gasteiger partial charge in [-0.25, -0.2) is 4.98 Å². The Bertz CT molecular complexity index is 409. The molecule has 1 unspecified atom stereocenters. The van der Waals surface area contributed by atoms with Crippen LogP contribution in [-0.2, 0) is 0 Å². The molecule has 1 aliphatic heterocycles. The van der Waals surface area contributed by atoms with Gasteiger partial charge in [0.05, 0.1) is 6.61 Å². The van der Waals surface area contributed by atoms with E-state index in [1.165, 1.54) is 6.33 Å². The highest BCUT2D eigenvalue weighted by molar-refractivity contribution is 5.68. The van der Waals surface area contributed by atoms with Gasteiger partial charge in [-0.3, -0.25) is 0 Å². The summed E-state index contributed by atoms with van der Waals surface area (Å²) in [7, 11) is 4.20. The molecule has 0 bridgehead atoms. The minimum absolute atomic E-state index is 0.482. The number of aromatic nitrogens is 2. The van der Waals surface area contributed by atoms with Crippen LogP contribution in [0.1, 0.15) is 13.3 Å². The van der Waals surface area contributed by atoms with E-state index in [-0.39, 0.29) is 0 Å². The van der Waals surface area contributed by atoms with Gasteiger partial charge in [-0.2, -0.15) is 4.98 Å². The van der Waals surface area contributed by atoms with Crippen LogP contribution in [0.3, 0.4) is 0 Å². The van der Waals surface area contributed by atoms with E-state index >= 15 is 0 Å². The van der Waals surface area contributed by atoms with E-state index in [0.717, 1.165) is 25.3 Å². The lowest BCUT2D eigenvalue weighted by Crippen LogP contribution is -2.32. The maximum Gasteiger partial charge on any atom is 0.242 e. The zero-order chi connectivity index (χ0) is 13.1. The SMILES string of the molecule is CCOc1ncnc(N2CCC(N(C)C)C2)c1N. The zero-order valence-corrected chi connectivity index (χ0v) is 11.3. The molecule has 1 aromatic heterocycles. The van der Waals surface area contributed by atoms with Crippen molar-refractivity contribution in [2.24, 2.45) is 0 Å². The first kappa shape index (κ1) is 12.9. The van der Waals surface area contributed by atoms with E-state index in [2.05, 4.69) is 33.9 Å². The van der Waals surface area contributed by atoms with Crippen LogP contribution in [0, 0.1) is 0 Å². The van der Waals surface area contributed by atoms with Crippen molar-refractivity contribution in [2.45, 2.75) is 19.4 Å². The van der Waals surface area contributed by atoms with Gasteiger partial charge < -0.3 is 20.3 Å². The Morgan fingerprint density at radius 3 is 2.89 bits per heavy atom. The van der Waals surface area contributed by atoms with Crippen LogP contribution in [-0.4, -0.2) is 54.7 Å². The Morgan fingerprint density at radius 2 is 2.28 bits per heavy atom. The van der Waals surface area contributed by atoms with Crippen molar-refractivity contribution in [3.63, 3.8) is 0 Å². The van der Waals surface area contributed by atoms with Crippen molar-refractivity contribution < 1.29 is 4.74 Å². The van der Waals surface area contributed by atoms with E-state index in [4.69, 9.17) is 10.5 Å². The number of nitrogens with zero attached hydrogens (tertiary/aromatic N) is 4. The normalized spacial score (nSPS) is 19.6. The van der Waals surface area contributed by atoms with Crippen LogP contribution in [0.4, 0.5) is 11.5 Å². The fourth-order valence-corrected chi connectivity index (χ4v) is 2.23. The molecule has 1 atom stereocenters. The summed E-state index contributed by atoms with van der Waals surface area (Å²) in [6.45, 7) is 4.38. The largest absolute Gasteiger partial charge is 0.476 e. The molecule has 2 rings (SSSR count). The van der Waals surface area contributed by atoms with Gasteiger partial charge in [-0.15, -0.1) is 0 Å². The maximum absolute atomic E-state index is 6.07. The number of ether oxygens (including phenoxy) is 1. The molecule has 0 saturated carbocycles. The van der Waals surface area contributed by atoms with Crippen LogP contribution in [0.15, 0.2) is 6.33 Å². The fourth-order valence-electron chi connectivity index (χ4n) is 2.23. The summed E-state index contributed by atoms with van der Waals surface area (Å²) in [5.74, 6) is 1.27. The molecule has 18 heavy (non-hydrogen) atoms. The molecule has 1 fully saturated rings. The van der Waals surface area contributed by atoms with Crippen molar-refractivity contribution in [3.05, 3.63) is 6.33 Å². The molecule has 6 nitrogen and oxygen atoms in total. The highest BCUT2D eigenvalue weighted by Crippen LogP contribution is 2.30. The van der Waals surface area contributed by atoms with Crippen molar-refractivity contribution in [2.75, 3.05) is 44.4 Å². The second-order valence-corrected chi connectivity index (χ2v) is 4.70. The Hall–Kier alpha value is -1.56. The predicted molar refractivity (Wildman–Crippen MR) is 71.9 cm³/mol. The minimum atomic E-state index is 0.482. The summed E-state index contributed by atoms with van der Waals surface area (Å²) >= 11 is 0. The molecule has 6 heteroatoms. The first-order valence-electron chi connectivity index (χ1n) is 6.28. The second kappa shape index (κ2) is 5.39. The molecular formula is C12H21N5O. The maximum atomic E-state index is 6.07. The molecule has 1 aliphatic rings. The summed E-state index contributed by atoms with van der Waals surface area (Å²) in [6.07, 6.45) is 2.64. The highest BCUT2D eigenvalue weighted by Gasteiger charge is 2.27. The van der Waals surface area contributed by atoms with Crippen LogP contribution >= 0.6 is 0 Å². The average Bonchev–Trinajstić information content (AvgIpc) is 2.81. The van der Waals surface area contributed by atoms with Gasteiger partial charge in [0.15, 0.2) is 5.82 Å². The van der Waals surface area contributed by atoms with Crippen LogP contribution < -0.4 is 15.4 Å². The monoisotopic (exact) mass is 251 g/mol. The van der Waals surface area contributed by atoms with Gasteiger partial charge in [-0.1, -0.05) is 0 Å². The van der Waals surface area contributed by atoms with E-state index in [0.29, 0.717) is 24.2 Å². The van der Waals surface area contributed by atoms with Gasteiger partial charge in [-0.05, 0) is 27.4 Å². The second-order valence-electron chi connectivity index (χ2n) is 4.70. The number of nitrogen functional groups attached to an aromatic ring is 1. The Morgan fingerprint density at radius 1 is 1.50 bits per heavy atom. The van der Waals surface area contributed by atoms with Gasteiger partial charge >= 0.3 is 0 Å². The number of hydrogen-bond donors (Lipinski definition) is 1. The number of rotatable bonds is 4. The van der Waals surface area contributed by atoms with Crippen LogP contribution in [0.25, 0.3) is 0 Å². The minimum Gasteiger partial charge on any atom is -0.476 e. The molecule has 1 aromatic rings. The number of anilines is 2. The van der Waals surface area contributed by atoms with Gasteiger partial charge in [0.2, 0.25) is 5.88 Å².